The molecule has 3 nitrogen and oxygen atoms in total. The van der Waals surface area contributed by atoms with Gasteiger partial charge in [0.05, 0.1) is 5.54 Å². The van der Waals surface area contributed by atoms with Gasteiger partial charge in [-0.3, -0.25) is 4.99 Å². The zero-order valence-electron chi connectivity index (χ0n) is 11.5. The predicted octanol–water partition coefficient (Wildman–Crippen LogP) is 4.36. The second kappa shape index (κ2) is 6.43. The van der Waals surface area contributed by atoms with E-state index in [1.807, 2.05) is 0 Å². The summed E-state index contributed by atoms with van der Waals surface area (Å²) in [6.45, 7) is 1.50. The molecule has 1 aromatic carbocycles. The molecule has 1 heterocycles. The Bertz CT molecular complexity index is 473. The number of halogens is 2. The zero-order chi connectivity index (χ0) is 14.6. The number of hydrogen-bond donors (Lipinski definition) is 1. The molecule has 1 aliphatic heterocycles. The number of alkyl halides is 2. The maximum Gasteiger partial charge on any atom is 0.387 e. The van der Waals surface area contributed by atoms with E-state index in [0.717, 1.165) is 29.4 Å². The van der Waals surface area contributed by atoms with Crippen LogP contribution in [-0.2, 0) is 0 Å². The smallest absolute Gasteiger partial charge is 0.387 e. The van der Waals surface area contributed by atoms with E-state index in [0.29, 0.717) is 0 Å². The van der Waals surface area contributed by atoms with Crippen molar-refractivity contribution in [3.05, 3.63) is 24.3 Å². The Labute approximate surface area is 121 Å². The Balaban J connectivity index is 2.00. The highest BCUT2D eigenvalue weighted by molar-refractivity contribution is 8.14. The molecule has 0 aliphatic carbocycles. The van der Waals surface area contributed by atoms with Gasteiger partial charge in [0.1, 0.15) is 5.75 Å². The van der Waals surface area contributed by atoms with Gasteiger partial charge in [0.2, 0.25) is 0 Å². The lowest BCUT2D eigenvalue weighted by molar-refractivity contribution is -0.0498. The highest BCUT2D eigenvalue weighted by Crippen LogP contribution is 2.33. The summed E-state index contributed by atoms with van der Waals surface area (Å²) < 4.78 is 28.4. The summed E-state index contributed by atoms with van der Waals surface area (Å²) in [5.74, 6) is 1.14. The summed E-state index contributed by atoms with van der Waals surface area (Å²) in [4.78, 5) is 4.74. The average molecular weight is 300 g/mol. The van der Waals surface area contributed by atoms with E-state index in [4.69, 9.17) is 4.99 Å². The van der Waals surface area contributed by atoms with Crippen molar-refractivity contribution in [2.45, 2.75) is 38.8 Å². The minimum Gasteiger partial charge on any atom is -0.435 e. The molecule has 6 heteroatoms. The van der Waals surface area contributed by atoms with Gasteiger partial charge in [-0.15, -0.1) is 0 Å². The summed E-state index contributed by atoms with van der Waals surface area (Å²) in [5, 5.41) is 4.10. The fourth-order valence-corrected chi connectivity index (χ4v) is 3.33. The number of nitrogens with zero attached hydrogens (tertiary/aromatic N) is 1. The molecule has 1 aromatic rings. The van der Waals surface area contributed by atoms with Gasteiger partial charge in [0, 0.05) is 11.4 Å². The van der Waals surface area contributed by atoms with Crippen LogP contribution in [0.5, 0.6) is 5.75 Å². The summed E-state index contributed by atoms with van der Waals surface area (Å²) in [6, 6.07) is 6.44. The van der Waals surface area contributed by atoms with Crippen LogP contribution in [0.1, 0.15) is 26.7 Å². The Morgan fingerprint density at radius 3 is 2.45 bits per heavy atom. The molecule has 20 heavy (non-hydrogen) atoms. The van der Waals surface area contributed by atoms with Crippen LogP contribution in [0.2, 0.25) is 0 Å². The molecule has 110 valence electrons. The van der Waals surface area contributed by atoms with Gasteiger partial charge in [-0.1, -0.05) is 25.6 Å². The number of rotatable bonds is 5. The average Bonchev–Trinajstić information content (AvgIpc) is 2.84. The van der Waals surface area contributed by atoms with Gasteiger partial charge in [-0.05, 0) is 37.1 Å². The van der Waals surface area contributed by atoms with E-state index in [1.165, 1.54) is 12.1 Å². The van der Waals surface area contributed by atoms with Crippen LogP contribution in [0.3, 0.4) is 0 Å². The quantitative estimate of drug-likeness (QED) is 0.877. The molecule has 0 unspecified atom stereocenters. The Kier molecular flexibility index (Phi) is 4.86. The van der Waals surface area contributed by atoms with Crippen LogP contribution in [0.15, 0.2) is 29.3 Å². The highest BCUT2D eigenvalue weighted by Gasteiger charge is 2.32. The third-order valence-electron chi connectivity index (χ3n) is 3.46. The highest BCUT2D eigenvalue weighted by atomic mass is 32.2. The molecule has 0 fully saturated rings. The van der Waals surface area contributed by atoms with Gasteiger partial charge >= 0.3 is 6.61 Å². The molecule has 1 aliphatic rings. The van der Waals surface area contributed by atoms with Crippen molar-refractivity contribution in [3.63, 3.8) is 0 Å². The standard InChI is InChI=1S/C14H18F2N2OS/c1-3-14(4-2)9-20-13(18-14)17-10-5-7-11(8-6-10)19-12(15)16/h5-8,12H,3-4,9H2,1-2H3,(H,17,18). The molecule has 1 N–H and O–H groups in total. The predicted molar refractivity (Wildman–Crippen MR) is 79.9 cm³/mol. The van der Waals surface area contributed by atoms with E-state index in [2.05, 4.69) is 23.9 Å². The minimum absolute atomic E-state index is 0.0335. The second-order valence-electron chi connectivity index (χ2n) is 4.66. The van der Waals surface area contributed by atoms with Gasteiger partial charge in [0.25, 0.3) is 0 Å². The summed E-state index contributed by atoms with van der Waals surface area (Å²) in [5.41, 5.74) is 0.854. The molecular weight excluding hydrogens is 282 g/mol. The van der Waals surface area contributed by atoms with Crippen molar-refractivity contribution in [3.8, 4) is 5.75 Å². The normalized spacial score (nSPS) is 17.1. The Hall–Kier alpha value is -1.30. The van der Waals surface area contributed by atoms with Gasteiger partial charge in [0.15, 0.2) is 5.17 Å². The van der Waals surface area contributed by atoms with Gasteiger partial charge in [-0.25, -0.2) is 0 Å². The molecule has 0 saturated heterocycles. The minimum atomic E-state index is -2.79. The zero-order valence-corrected chi connectivity index (χ0v) is 12.3. The number of amidine groups is 1. The van der Waals surface area contributed by atoms with Crippen molar-refractivity contribution in [1.29, 1.82) is 0 Å². The van der Waals surface area contributed by atoms with E-state index in [1.54, 1.807) is 23.9 Å². The van der Waals surface area contributed by atoms with Crippen LogP contribution < -0.4 is 10.1 Å². The summed E-state index contributed by atoms with van der Waals surface area (Å²) in [6.07, 6.45) is 2.03. The Morgan fingerprint density at radius 2 is 1.95 bits per heavy atom. The molecule has 0 aromatic heterocycles. The summed E-state index contributed by atoms with van der Waals surface area (Å²) in [7, 11) is 0. The van der Waals surface area contributed by atoms with Crippen LogP contribution in [0, 0.1) is 0 Å². The number of benzene rings is 1. The number of hydrogen-bond acceptors (Lipinski definition) is 4. The number of thioether (sulfide) groups is 1. The largest absolute Gasteiger partial charge is 0.435 e. The van der Waals surface area contributed by atoms with Crippen molar-refractivity contribution < 1.29 is 13.5 Å². The van der Waals surface area contributed by atoms with E-state index in [-0.39, 0.29) is 11.3 Å². The fourth-order valence-electron chi connectivity index (χ4n) is 2.00. The molecule has 0 radical (unpaired) electrons. The third kappa shape index (κ3) is 3.62. The maximum atomic E-state index is 12.1. The fraction of sp³-hybridized carbons (Fsp3) is 0.500. The number of nitrogens with one attached hydrogen (secondary N) is 1. The van der Waals surface area contributed by atoms with Crippen molar-refractivity contribution in [2.24, 2.45) is 4.99 Å². The van der Waals surface area contributed by atoms with Crippen LogP contribution in [-0.4, -0.2) is 23.1 Å². The lowest BCUT2D eigenvalue weighted by Gasteiger charge is -2.20. The topological polar surface area (TPSA) is 33.6 Å². The molecule has 2 rings (SSSR count). The van der Waals surface area contributed by atoms with Gasteiger partial charge in [-0.2, -0.15) is 8.78 Å². The number of aliphatic imine (C=N–C) groups is 1. The van der Waals surface area contributed by atoms with Crippen molar-refractivity contribution >= 4 is 22.6 Å². The van der Waals surface area contributed by atoms with Crippen LogP contribution in [0.4, 0.5) is 14.5 Å². The Morgan fingerprint density at radius 1 is 1.30 bits per heavy atom. The van der Waals surface area contributed by atoms with E-state index >= 15 is 0 Å². The molecule has 0 amide bonds. The van der Waals surface area contributed by atoms with Gasteiger partial charge < -0.3 is 10.1 Å². The first-order valence-electron chi connectivity index (χ1n) is 6.61. The molecule has 0 spiro atoms. The first-order chi connectivity index (χ1) is 9.57. The first kappa shape index (κ1) is 15.1. The number of anilines is 1. The molecular formula is C14H18F2N2OS. The molecule has 0 atom stereocenters. The van der Waals surface area contributed by atoms with Crippen LogP contribution in [0.25, 0.3) is 0 Å². The molecule has 0 bridgehead atoms. The van der Waals surface area contributed by atoms with Crippen molar-refractivity contribution in [1.82, 2.24) is 0 Å². The van der Waals surface area contributed by atoms with E-state index < -0.39 is 6.61 Å². The molecule has 0 saturated carbocycles. The SMILES string of the molecule is CCC1(CC)CSC(Nc2ccc(OC(F)F)cc2)=N1. The maximum absolute atomic E-state index is 12.1. The summed E-state index contributed by atoms with van der Waals surface area (Å²) >= 11 is 1.70. The first-order valence-corrected chi connectivity index (χ1v) is 7.60. The lowest BCUT2D eigenvalue weighted by atomic mass is 9.97. The lowest BCUT2D eigenvalue weighted by Crippen LogP contribution is -2.24. The van der Waals surface area contributed by atoms with E-state index in [9.17, 15) is 8.78 Å². The third-order valence-corrected chi connectivity index (χ3v) is 4.61. The monoisotopic (exact) mass is 300 g/mol. The van der Waals surface area contributed by atoms with Crippen LogP contribution >= 0.6 is 11.8 Å². The van der Waals surface area contributed by atoms with Crippen molar-refractivity contribution in [2.75, 3.05) is 11.1 Å². The number of ether oxygens (including phenoxy) is 1. The second-order valence-corrected chi connectivity index (χ2v) is 5.63.